The Morgan fingerprint density at radius 1 is 1.16 bits per heavy atom. The van der Waals surface area contributed by atoms with Crippen molar-refractivity contribution in [1.29, 1.82) is 0 Å². The number of hydrogen-bond acceptors (Lipinski definition) is 5. The first-order valence-corrected chi connectivity index (χ1v) is 12.2. The zero-order valence-electron chi connectivity index (χ0n) is 18.7. The molecule has 0 saturated carbocycles. The summed E-state index contributed by atoms with van der Waals surface area (Å²) in [7, 11) is 1.60. The highest BCUT2D eigenvalue weighted by molar-refractivity contribution is 9.10. The van der Waals surface area contributed by atoms with Crippen LogP contribution in [0.25, 0.3) is 6.08 Å². The van der Waals surface area contributed by atoms with E-state index in [2.05, 4.69) is 20.9 Å². The van der Waals surface area contributed by atoms with Gasteiger partial charge in [0, 0.05) is 21.6 Å². The molecule has 1 aliphatic rings. The number of methoxy groups -OCH3 is 1. The summed E-state index contributed by atoms with van der Waals surface area (Å²) in [6.45, 7) is 8.37. The number of amidine groups is 1. The van der Waals surface area contributed by atoms with E-state index in [-0.39, 0.29) is 18.0 Å². The van der Waals surface area contributed by atoms with Crippen LogP contribution in [0.5, 0.6) is 11.5 Å². The maximum atomic E-state index is 13.0. The molecule has 1 saturated heterocycles. The van der Waals surface area contributed by atoms with Crippen molar-refractivity contribution in [2.75, 3.05) is 7.11 Å². The van der Waals surface area contributed by atoms with Crippen LogP contribution in [0.15, 0.2) is 50.8 Å². The van der Waals surface area contributed by atoms with E-state index in [9.17, 15) is 4.79 Å². The van der Waals surface area contributed by atoms with Gasteiger partial charge in [-0.1, -0.05) is 39.7 Å². The van der Waals surface area contributed by atoms with Crippen LogP contribution in [0.3, 0.4) is 0 Å². The minimum absolute atomic E-state index is 0.0278. The van der Waals surface area contributed by atoms with Crippen LogP contribution >= 0.6 is 39.3 Å². The summed E-state index contributed by atoms with van der Waals surface area (Å²) < 4.78 is 12.3. The molecular weight excluding hydrogens is 512 g/mol. The zero-order chi connectivity index (χ0) is 23.4. The number of benzene rings is 2. The highest BCUT2D eigenvalue weighted by Gasteiger charge is 2.35. The van der Waals surface area contributed by atoms with Gasteiger partial charge in [-0.15, -0.1) is 0 Å². The van der Waals surface area contributed by atoms with Crippen molar-refractivity contribution < 1.29 is 14.3 Å². The Bertz CT molecular complexity index is 1050. The van der Waals surface area contributed by atoms with Gasteiger partial charge in [-0.05, 0) is 80.9 Å². The summed E-state index contributed by atoms with van der Waals surface area (Å²) in [5, 5.41) is 1.42. The molecule has 1 amide bonds. The van der Waals surface area contributed by atoms with Gasteiger partial charge in [0.15, 0.2) is 16.7 Å². The first-order chi connectivity index (χ1) is 15.2. The van der Waals surface area contributed by atoms with Crippen LogP contribution in [0.4, 0.5) is 0 Å². The standard InChI is InChI=1S/C24H26BrClN2O3S/c1-14(2)27-24-28(15(3)4)23(29)22(32-24)11-17-10-20(30-5)21(12-19(17)25)31-13-16-6-8-18(26)9-7-16/h6-12,14-15H,13H2,1-5H3/b22-11+,27-24?. The van der Waals surface area contributed by atoms with E-state index >= 15 is 0 Å². The van der Waals surface area contributed by atoms with Crippen LogP contribution in [0.1, 0.15) is 38.8 Å². The Hall–Kier alpha value is -1.96. The normalized spacial score (nSPS) is 16.7. The third kappa shape index (κ3) is 5.88. The van der Waals surface area contributed by atoms with Gasteiger partial charge in [-0.2, -0.15) is 0 Å². The van der Waals surface area contributed by atoms with Gasteiger partial charge in [0.05, 0.1) is 12.0 Å². The lowest BCUT2D eigenvalue weighted by molar-refractivity contribution is -0.123. The molecule has 5 nitrogen and oxygen atoms in total. The number of thioether (sulfide) groups is 1. The molecule has 8 heteroatoms. The largest absolute Gasteiger partial charge is 0.493 e. The van der Waals surface area contributed by atoms with E-state index < -0.39 is 0 Å². The van der Waals surface area contributed by atoms with Crippen molar-refractivity contribution >= 4 is 56.4 Å². The van der Waals surface area contributed by atoms with E-state index in [1.54, 1.807) is 12.0 Å². The second kappa shape index (κ2) is 10.8. The second-order valence-electron chi connectivity index (χ2n) is 7.82. The van der Waals surface area contributed by atoms with Gasteiger partial charge in [0.2, 0.25) is 0 Å². The Kier molecular flexibility index (Phi) is 8.31. The fourth-order valence-electron chi connectivity index (χ4n) is 3.07. The number of halogens is 2. The van der Waals surface area contributed by atoms with Gasteiger partial charge in [0.1, 0.15) is 6.61 Å². The summed E-state index contributed by atoms with van der Waals surface area (Å²) in [5.74, 6) is 1.15. The van der Waals surface area contributed by atoms with Crippen molar-refractivity contribution in [1.82, 2.24) is 4.90 Å². The summed E-state index contributed by atoms with van der Waals surface area (Å²) in [4.78, 5) is 20.0. The van der Waals surface area contributed by atoms with E-state index in [4.69, 9.17) is 21.1 Å². The SMILES string of the molecule is COc1cc(/C=C2/SC(=NC(C)C)N(C(C)C)C2=O)c(Br)cc1OCc1ccc(Cl)cc1. The predicted octanol–water partition coefficient (Wildman–Crippen LogP) is 6.78. The van der Waals surface area contributed by atoms with Crippen molar-refractivity contribution in [3.05, 3.63) is 61.9 Å². The summed E-state index contributed by atoms with van der Waals surface area (Å²) in [6.07, 6.45) is 1.86. The average molecular weight is 538 g/mol. The molecule has 170 valence electrons. The van der Waals surface area contributed by atoms with Crippen molar-refractivity contribution in [2.45, 2.75) is 46.4 Å². The highest BCUT2D eigenvalue weighted by atomic mass is 79.9. The molecule has 0 bridgehead atoms. The van der Waals surface area contributed by atoms with Gasteiger partial charge in [-0.25, -0.2) is 0 Å². The lowest BCUT2D eigenvalue weighted by Crippen LogP contribution is -2.35. The lowest BCUT2D eigenvalue weighted by atomic mass is 10.1. The van der Waals surface area contributed by atoms with Gasteiger partial charge in [-0.3, -0.25) is 14.7 Å². The van der Waals surface area contributed by atoms with Gasteiger partial charge < -0.3 is 9.47 Å². The molecule has 0 radical (unpaired) electrons. The quantitative estimate of drug-likeness (QED) is 0.365. The second-order valence-corrected chi connectivity index (χ2v) is 10.1. The zero-order valence-corrected chi connectivity index (χ0v) is 21.8. The third-order valence-electron chi connectivity index (χ3n) is 4.60. The Morgan fingerprint density at radius 2 is 1.84 bits per heavy atom. The number of aliphatic imine (C=N–C) groups is 1. The molecule has 3 rings (SSSR count). The Morgan fingerprint density at radius 3 is 2.44 bits per heavy atom. The first kappa shape index (κ1) is 24.7. The van der Waals surface area contributed by atoms with Crippen LogP contribution in [0, 0.1) is 0 Å². The minimum Gasteiger partial charge on any atom is -0.493 e. The maximum absolute atomic E-state index is 13.0. The molecule has 1 fully saturated rings. The van der Waals surface area contributed by atoms with Crippen LogP contribution < -0.4 is 9.47 Å². The molecule has 0 aromatic heterocycles. The number of carbonyl (C=O) groups is 1. The number of ether oxygens (including phenoxy) is 2. The summed E-state index contributed by atoms with van der Waals surface area (Å²) >= 11 is 11.0. The number of rotatable bonds is 7. The fourth-order valence-corrected chi connectivity index (χ4v) is 4.86. The van der Waals surface area contributed by atoms with E-state index in [0.717, 1.165) is 20.8 Å². The molecule has 0 atom stereocenters. The van der Waals surface area contributed by atoms with Crippen LogP contribution in [-0.2, 0) is 11.4 Å². The monoisotopic (exact) mass is 536 g/mol. The Labute approximate surface area is 207 Å². The molecule has 0 N–H and O–H groups in total. The van der Waals surface area contributed by atoms with Gasteiger partial charge in [0.25, 0.3) is 5.91 Å². The third-order valence-corrected chi connectivity index (χ3v) is 6.53. The lowest BCUT2D eigenvalue weighted by Gasteiger charge is -2.20. The van der Waals surface area contributed by atoms with Crippen molar-refractivity contribution in [3.8, 4) is 11.5 Å². The molecule has 2 aromatic carbocycles. The smallest absolute Gasteiger partial charge is 0.266 e. The topological polar surface area (TPSA) is 51.1 Å². The van der Waals surface area contributed by atoms with E-state index in [0.29, 0.717) is 28.0 Å². The molecule has 2 aromatic rings. The average Bonchev–Trinajstić information content (AvgIpc) is 3.03. The molecular formula is C24H26BrClN2O3S. The summed E-state index contributed by atoms with van der Waals surface area (Å²) in [6, 6.07) is 11.3. The van der Waals surface area contributed by atoms with E-state index in [1.807, 2.05) is 70.2 Å². The van der Waals surface area contributed by atoms with Gasteiger partial charge >= 0.3 is 0 Å². The highest BCUT2D eigenvalue weighted by Crippen LogP contribution is 2.39. The van der Waals surface area contributed by atoms with Crippen molar-refractivity contribution in [3.63, 3.8) is 0 Å². The molecule has 32 heavy (non-hydrogen) atoms. The van der Waals surface area contributed by atoms with Crippen LogP contribution in [-0.4, -0.2) is 35.2 Å². The summed E-state index contributed by atoms with van der Waals surface area (Å²) in [5.41, 5.74) is 1.82. The van der Waals surface area contributed by atoms with Crippen molar-refractivity contribution in [2.24, 2.45) is 4.99 Å². The molecule has 0 unspecified atom stereocenters. The molecule has 0 aliphatic carbocycles. The number of carbonyl (C=O) groups excluding carboxylic acids is 1. The van der Waals surface area contributed by atoms with Crippen LogP contribution in [0.2, 0.25) is 5.02 Å². The number of hydrogen-bond donors (Lipinski definition) is 0. The number of nitrogens with zero attached hydrogens (tertiary/aromatic N) is 2. The predicted molar refractivity (Wildman–Crippen MR) is 137 cm³/mol. The molecule has 0 spiro atoms. The Balaban J connectivity index is 1.87. The molecule has 1 heterocycles. The van der Waals surface area contributed by atoms with E-state index in [1.165, 1.54) is 11.8 Å². The first-order valence-electron chi connectivity index (χ1n) is 10.2. The maximum Gasteiger partial charge on any atom is 0.266 e. The molecule has 1 aliphatic heterocycles. The fraction of sp³-hybridized carbons (Fsp3) is 0.333. The number of amides is 1. The minimum atomic E-state index is -0.0432.